The van der Waals surface area contributed by atoms with Gasteiger partial charge < -0.3 is 11.1 Å². The van der Waals surface area contributed by atoms with Crippen LogP contribution in [0.3, 0.4) is 0 Å². The van der Waals surface area contributed by atoms with E-state index >= 15 is 0 Å². The van der Waals surface area contributed by atoms with Crippen LogP contribution in [0.4, 0.5) is 5.69 Å². The summed E-state index contributed by atoms with van der Waals surface area (Å²) < 4.78 is 0. The topological polar surface area (TPSA) is 55.1 Å². The molecule has 0 heterocycles. The van der Waals surface area contributed by atoms with Crippen molar-refractivity contribution in [3.05, 3.63) is 28.2 Å². The summed E-state index contributed by atoms with van der Waals surface area (Å²) in [5.41, 5.74) is 5.99. The average molecular weight is 257 g/mol. The molecule has 16 heavy (non-hydrogen) atoms. The number of rotatable bonds is 3. The molecule has 3 nitrogen and oxygen atoms in total. The van der Waals surface area contributed by atoms with Gasteiger partial charge in [0.15, 0.2) is 0 Å². The molecular weight excluding hydrogens is 247 g/mol. The summed E-state index contributed by atoms with van der Waals surface area (Å²) >= 11 is 11.6. The number of anilines is 1. The van der Waals surface area contributed by atoms with Crippen molar-refractivity contribution in [3.63, 3.8) is 0 Å². The molecule has 3 N–H and O–H groups in total. The number of benzene rings is 1. The lowest BCUT2D eigenvalue weighted by Crippen LogP contribution is -2.35. The zero-order valence-electron chi connectivity index (χ0n) is 8.34. The summed E-state index contributed by atoms with van der Waals surface area (Å²) in [6.45, 7) is 0. The molecule has 5 heteroatoms. The summed E-state index contributed by atoms with van der Waals surface area (Å²) in [6, 6.07) is 4.02. The largest absolute Gasteiger partial charge is 0.323 e. The molecule has 1 unspecified atom stereocenters. The first-order valence-electron chi connectivity index (χ1n) is 4.49. The molecule has 0 aliphatic carbocycles. The molecule has 1 amide bonds. The molecule has 1 aromatic rings. The molecule has 0 aliphatic rings. The lowest BCUT2D eigenvalue weighted by Gasteiger charge is -2.10. The van der Waals surface area contributed by atoms with Gasteiger partial charge in [-0.25, -0.2) is 0 Å². The molecule has 1 aromatic carbocycles. The Morgan fingerprint density at radius 3 is 2.81 bits per heavy atom. The van der Waals surface area contributed by atoms with Crippen molar-refractivity contribution in [3.8, 4) is 12.3 Å². The molecule has 0 bridgehead atoms. The van der Waals surface area contributed by atoms with Crippen LogP contribution in [0, 0.1) is 12.3 Å². The highest BCUT2D eigenvalue weighted by atomic mass is 35.5. The molecular formula is C11H10Cl2N2O. The van der Waals surface area contributed by atoms with Crippen molar-refractivity contribution in [1.29, 1.82) is 0 Å². The minimum Gasteiger partial charge on any atom is -0.323 e. The number of amides is 1. The zero-order valence-corrected chi connectivity index (χ0v) is 9.85. The smallest absolute Gasteiger partial charge is 0.242 e. The molecule has 84 valence electrons. The van der Waals surface area contributed by atoms with Gasteiger partial charge in [0.25, 0.3) is 0 Å². The Hall–Kier alpha value is -1.21. The third-order valence-electron chi connectivity index (χ3n) is 1.86. The van der Waals surface area contributed by atoms with E-state index < -0.39 is 6.04 Å². The van der Waals surface area contributed by atoms with E-state index in [-0.39, 0.29) is 12.3 Å². The van der Waals surface area contributed by atoms with Crippen LogP contribution in [0.5, 0.6) is 0 Å². The van der Waals surface area contributed by atoms with Crippen molar-refractivity contribution < 1.29 is 4.79 Å². The normalized spacial score (nSPS) is 11.6. The van der Waals surface area contributed by atoms with Gasteiger partial charge in [-0.05, 0) is 18.2 Å². The molecule has 0 aromatic heterocycles. The Bertz CT molecular complexity index is 440. The van der Waals surface area contributed by atoms with Crippen LogP contribution in [0.2, 0.25) is 10.0 Å². The van der Waals surface area contributed by atoms with E-state index in [2.05, 4.69) is 11.2 Å². The molecule has 0 aliphatic heterocycles. The maximum atomic E-state index is 11.5. The highest BCUT2D eigenvalue weighted by Crippen LogP contribution is 2.25. The SMILES string of the molecule is C#CCC(N)C(=O)Nc1ccc(Cl)cc1Cl. The van der Waals surface area contributed by atoms with Crippen LogP contribution in [0.15, 0.2) is 18.2 Å². The fraction of sp³-hybridized carbons (Fsp3) is 0.182. The van der Waals surface area contributed by atoms with Crippen molar-refractivity contribution >= 4 is 34.8 Å². The minimum absolute atomic E-state index is 0.178. The molecule has 0 saturated carbocycles. The summed E-state index contributed by atoms with van der Waals surface area (Å²) in [5.74, 6) is 1.94. The van der Waals surface area contributed by atoms with Crippen LogP contribution in [0.1, 0.15) is 6.42 Å². The van der Waals surface area contributed by atoms with Crippen LogP contribution in [0.25, 0.3) is 0 Å². The fourth-order valence-corrected chi connectivity index (χ4v) is 1.49. The Balaban J connectivity index is 2.74. The van der Waals surface area contributed by atoms with Crippen LogP contribution >= 0.6 is 23.2 Å². The second-order valence-electron chi connectivity index (χ2n) is 3.13. The second kappa shape index (κ2) is 5.76. The van der Waals surface area contributed by atoms with Gasteiger partial charge in [-0.3, -0.25) is 4.79 Å². The van der Waals surface area contributed by atoms with Gasteiger partial charge in [-0.2, -0.15) is 0 Å². The van der Waals surface area contributed by atoms with Gasteiger partial charge >= 0.3 is 0 Å². The van der Waals surface area contributed by atoms with Crippen LogP contribution in [-0.2, 0) is 4.79 Å². The number of hydrogen-bond donors (Lipinski definition) is 2. The summed E-state index contributed by atoms with van der Waals surface area (Å²) in [6.07, 6.45) is 5.23. The highest BCUT2D eigenvalue weighted by molar-refractivity contribution is 6.36. The van der Waals surface area contributed by atoms with E-state index in [1.165, 1.54) is 6.07 Å². The number of hydrogen-bond acceptors (Lipinski definition) is 2. The van der Waals surface area contributed by atoms with E-state index in [1.54, 1.807) is 12.1 Å². The third-order valence-corrected chi connectivity index (χ3v) is 2.41. The van der Waals surface area contributed by atoms with Gasteiger partial charge in [-0.15, -0.1) is 12.3 Å². The first-order chi connectivity index (χ1) is 7.54. The van der Waals surface area contributed by atoms with Gasteiger partial charge in [0.2, 0.25) is 5.91 Å². The van der Waals surface area contributed by atoms with E-state index in [9.17, 15) is 4.79 Å². The van der Waals surface area contributed by atoms with Crippen molar-refractivity contribution in [2.24, 2.45) is 5.73 Å². The lowest BCUT2D eigenvalue weighted by molar-refractivity contribution is -0.117. The van der Waals surface area contributed by atoms with Crippen molar-refractivity contribution in [1.82, 2.24) is 0 Å². The zero-order chi connectivity index (χ0) is 12.1. The second-order valence-corrected chi connectivity index (χ2v) is 3.97. The number of carbonyl (C=O) groups excluding carboxylic acids is 1. The third kappa shape index (κ3) is 3.42. The van der Waals surface area contributed by atoms with Gasteiger partial charge in [0.1, 0.15) is 0 Å². The number of nitrogens with two attached hydrogens (primary N) is 1. The molecule has 0 saturated heterocycles. The van der Waals surface area contributed by atoms with Crippen LogP contribution in [-0.4, -0.2) is 11.9 Å². The molecule has 0 spiro atoms. The van der Waals surface area contributed by atoms with Gasteiger partial charge in [0.05, 0.1) is 16.8 Å². The average Bonchev–Trinajstić information content (AvgIpc) is 2.22. The Labute approximate surface area is 104 Å². The van der Waals surface area contributed by atoms with E-state index in [0.29, 0.717) is 15.7 Å². The Morgan fingerprint density at radius 1 is 1.56 bits per heavy atom. The molecule has 0 fully saturated rings. The summed E-state index contributed by atoms with van der Waals surface area (Å²) in [5, 5.41) is 3.42. The maximum absolute atomic E-state index is 11.5. The van der Waals surface area contributed by atoms with Gasteiger partial charge in [-0.1, -0.05) is 23.2 Å². The number of terminal acetylenes is 1. The Morgan fingerprint density at radius 2 is 2.25 bits per heavy atom. The molecule has 1 atom stereocenters. The van der Waals surface area contributed by atoms with Crippen molar-refractivity contribution in [2.75, 3.05) is 5.32 Å². The van der Waals surface area contributed by atoms with E-state index in [4.69, 9.17) is 35.4 Å². The van der Waals surface area contributed by atoms with Crippen molar-refractivity contribution in [2.45, 2.75) is 12.5 Å². The number of carbonyl (C=O) groups is 1. The number of nitrogens with one attached hydrogen (secondary N) is 1. The molecule has 1 rings (SSSR count). The molecule has 0 radical (unpaired) electrons. The first-order valence-corrected chi connectivity index (χ1v) is 5.25. The standard InChI is InChI=1S/C11H10Cl2N2O/c1-2-3-9(14)11(16)15-10-5-4-7(12)6-8(10)13/h1,4-6,9H,3,14H2,(H,15,16). The monoisotopic (exact) mass is 256 g/mol. The summed E-state index contributed by atoms with van der Waals surface area (Å²) in [7, 11) is 0. The predicted octanol–water partition coefficient (Wildman–Crippen LogP) is 2.28. The quantitative estimate of drug-likeness (QED) is 0.816. The lowest BCUT2D eigenvalue weighted by atomic mass is 10.2. The number of halogens is 2. The fourth-order valence-electron chi connectivity index (χ4n) is 1.04. The Kier molecular flexibility index (Phi) is 4.63. The van der Waals surface area contributed by atoms with Crippen LogP contribution < -0.4 is 11.1 Å². The minimum atomic E-state index is -0.739. The van der Waals surface area contributed by atoms with E-state index in [0.717, 1.165) is 0 Å². The first kappa shape index (κ1) is 12.9. The van der Waals surface area contributed by atoms with E-state index in [1.807, 2.05) is 0 Å². The highest BCUT2D eigenvalue weighted by Gasteiger charge is 2.13. The van der Waals surface area contributed by atoms with Gasteiger partial charge in [0, 0.05) is 11.4 Å². The maximum Gasteiger partial charge on any atom is 0.242 e. The predicted molar refractivity (Wildman–Crippen MR) is 66.5 cm³/mol. The summed E-state index contributed by atoms with van der Waals surface area (Å²) in [4.78, 5) is 11.5.